The van der Waals surface area contributed by atoms with Gasteiger partial charge in [0.2, 0.25) is 0 Å². The number of para-hydroxylation sites is 1. The number of nitrogens with zero attached hydrogens (tertiary/aromatic N) is 4. The molecular formula is C15H14N6O3. The number of nitro groups is 1. The lowest BCUT2D eigenvalue weighted by molar-refractivity contribution is -0.392. The van der Waals surface area contributed by atoms with Gasteiger partial charge in [-0.15, -0.1) is 0 Å². The zero-order valence-electron chi connectivity index (χ0n) is 12.8. The number of hydrogen-bond acceptors (Lipinski definition) is 5. The van der Waals surface area contributed by atoms with Gasteiger partial charge in [-0.05, 0) is 11.0 Å². The molecule has 0 bridgehead atoms. The van der Waals surface area contributed by atoms with Crippen molar-refractivity contribution in [3.8, 4) is 0 Å². The molecule has 2 heterocycles. The molecule has 0 fully saturated rings. The first-order valence-electron chi connectivity index (χ1n) is 7.11. The average Bonchev–Trinajstić information content (AvgIpc) is 3.12. The Labute approximate surface area is 136 Å². The summed E-state index contributed by atoms with van der Waals surface area (Å²) in [5.74, 6) is -0.323. The van der Waals surface area contributed by atoms with Gasteiger partial charge in [0.1, 0.15) is 6.20 Å². The molecule has 0 aliphatic carbocycles. The fraction of sp³-hybridized carbons (Fsp3) is 0.133. The van der Waals surface area contributed by atoms with Crippen molar-refractivity contribution in [1.82, 2.24) is 20.0 Å². The molecule has 3 rings (SSSR count). The minimum Gasteiger partial charge on any atom is -0.361 e. The number of amides is 1. The van der Waals surface area contributed by atoms with Crippen LogP contribution in [0, 0.1) is 17.0 Å². The minimum atomic E-state index is -0.581. The summed E-state index contributed by atoms with van der Waals surface area (Å²) in [4.78, 5) is 29.2. The summed E-state index contributed by atoms with van der Waals surface area (Å²) in [5.41, 5.74) is 4.16. The van der Waals surface area contributed by atoms with E-state index in [1.54, 1.807) is 13.1 Å². The van der Waals surface area contributed by atoms with Crippen molar-refractivity contribution < 1.29 is 9.72 Å². The highest BCUT2D eigenvalue weighted by molar-refractivity contribution is 5.99. The van der Waals surface area contributed by atoms with Gasteiger partial charge in [0.25, 0.3) is 5.91 Å². The number of rotatable bonds is 5. The third kappa shape index (κ3) is 3.00. The number of benzene rings is 1. The molecule has 24 heavy (non-hydrogen) atoms. The first kappa shape index (κ1) is 15.4. The predicted octanol–water partition coefficient (Wildman–Crippen LogP) is 1.73. The first-order chi connectivity index (χ1) is 11.6. The van der Waals surface area contributed by atoms with Gasteiger partial charge >= 0.3 is 5.82 Å². The number of nitrogens with one attached hydrogen (secondary N) is 2. The fourth-order valence-corrected chi connectivity index (χ4v) is 2.35. The van der Waals surface area contributed by atoms with Crippen molar-refractivity contribution >= 4 is 28.8 Å². The molecular weight excluding hydrogens is 312 g/mol. The maximum absolute atomic E-state index is 11.9. The summed E-state index contributed by atoms with van der Waals surface area (Å²) in [5, 5.41) is 15.8. The van der Waals surface area contributed by atoms with Crippen LogP contribution in [-0.2, 0) is 11.3 Å². The summed E-state index contributed by atoms with van der Waals surface area (Å²) in [6.45, 7) is 1.36. The molecule has 0 spiro atoms. The van der Waals surface area contributed by atoms with Crippen molar-refractivity contribution in [2.45, 2.75) is 13.5 Å². The number of aromatic amines is 1. The number of aryl methyl sites for hydroxylation is 1. The highest BCUT2D eigenvalue weighted by Crippen LogP contribution is 2.15. The number of carbonyl (C=O) groups is 1. The van der Waals surface area contributed by atoms with Crippen LogP contribution in [0.15, 0.2) is 41.8 Å². The molecule has 1 amide bonds. The third-order valence-electron chi connectivity index (χ3n) is 3.54. The number of hydrazone groups is 1. The zero-order chi connectivity index (χ0) is 17.1. The zero-order valence-corrected chi connectivity index (χ0v) is 12.8. The molecule has 0 saturated heterocycles. The van der Waals surface area contributed by atoms with Crippen LogP contribution in [0.2, 0.25) is 0 Å². The summed E-state index contributed by atoms with van der Waals surface area (Å²) < 4.78 is 1.22. The lowest BCUT2D eigenvalue weighted by Crippen LogP contribution is -2.24. The van der Waals surface area contributed by atoms with Gasteiger partial charge in [-0.1, -0.05) is 18.2 Å². The van der Waals surface area contributed by atoms with Crippen molar-refractivity contribution in [3.05, 3.63) is 58.2 Å². The Kier molecular flexibility index (Phi) is 4.06. The van der Waals surface area contributed by atoms with E-state index in [0.717, 1.165) is 22.7 Å². The predicted molar refractivity (Wildman–Crippen MR) is 87.7 cm³/mol. The summed E-state index contributed by atoms with van der Waals surface area (Å²) in [7, 11) is 0. The van der Waals surface area contributed by atoms with Crippen LogP contribution in [0.3, 0.4) is 0 Å². The number of aromatic nitrogens is 3. The van der Waals surface area contributed by atoms with E-state index in [4.69, 9.17) is 0 Å². The maximum atomic E-state index is 11.9. The lowest BCUT2D eigenvalue weighted by Gasteiger charge is -2.01. The number of fused-ring (bicyclic) bond motifs is 1. The van der Waals surface area contributed by atoms with Crippen LogP contribution < -0.4 is 5.43 Å². The van der Waals surface area contributed by atoms with Crippen LogP contribution in [0.4, 0.5) is 5.82 Å². The highest BCUT2D eigenvalue weighted by atomic mass is 16.6. The number of H-pyrrole nitrogens is 1. The van der Waals surface area contributed by atoms with E-state index in [9.17, 15) is 14.9 Å². The Morgan fingerprint density at radius 1 is 1.50 bits per heavy atom. The molecule has 2 aromatic heterocycles. The van der Waals surface area contributed by atoms with E-state index >= 15 is 0 Å². The molecule has 9 heteroatoms. The van der Waals surface area contributed by atoms with E-state index < -0.39 is 10.8 Å². The van der Waals surface area contributed by atoms with Crippen LogP contribution in [0.25, 0.3) is 10.9 Å². The monoisotopic (exact) mass is 326 g/mol. The second-order valence-electron chi connectivity index (χ2n) is 5.09. The molecule has 0 radical (unpaired) electrons. The normalized spacial score (nSPS) is 11.2. The van der Waals surface area contributed by atoms with E-state index in [-0.39, 0.29) is 12.4 Å². The smallest absolute Gasteiger partial charge is 0.343 e. The minimum absolute atomic E-state index is 0.229. The number of imidazole rings is 1. The Hall–Kier alpha value is -3.49. The van der Waals surface area contributed by atoms with Crippen molar-refractivity contribution in [3.63, 3.8) is 0 Å². The molecule has 122 valence electrons. The van der Waals surface area contributed by atoms with Gasteiger partial charge in [0, 0.05) is 29.6 Å². The van der Waals surface area contributed by atoms with E-state index in [1.165, 1.54) is 10.8 Å². The topological polar surface area (TPSA) is 118 Å². The standard InChI is InChI=1S/C15H14N6O3/c1-10-16-8-15(21(23)24)20(10)9-14(22)19-18-7-11-6-17-13-5-3-2-4-12(11)13/h2-8,17H,9H2,1H3,(H,19,22). The summed E-state index contributed by atoms with van der Waals surface area (Å²) in [6, 6.07) is 7.70. The Bertz CT molecular complexity index is 940. The van der Waals surface area contributed by atoms with E-state index in [2.05, 4.69) is 20.5 Å². The van der Waals surface area contributed by atoms with Crippen LogP contribution in [0.1, 0.15) is 11.4 Å². The van der Waals surface area contributed by atoms with E-state index in [0.29, 0.717) is 5.82 Å². The van der Waals surface area contributed by atoms with Crippen LogP contribution in [0.5, 0.6) is 0 Å². The molecule has 2 N–H and O–H groups in total. The molecule has 0 saturated carbocycles. The quantitative estimate of drug-likeness (QED) is 0.421. The number of carbonyl (C=O) groups excluding carboxylic acids is 1. The summed E-state index contributed by atoms with van der Waals surface area (Å²) in [6.07, 6.45) is 4.43. The van der Waals surface area contributed by atoms with Crippen molar-refractivity contribution in [2.24, 2.45) is 5.10 Å². The molecule has 0 aliphatic rings. The van der Waals surface area contributed by atoms with Crippen molar-refractivity contribution in [2.75, 3.05) is 0 Å². The largest absolute Gasteiger partial charge is 0.361 e. The second-order valence-corrected chi connectivity index (χ2v) is 5.09. The SMILES string of the molecule is Cc1ncc([N+](=O)[O-])n1CC(=O)NN=Cc1c[nH]c2ccccc12. The molecule has 1 aromatic carbocycles. The molecule has 0 unspecified atom stereocenters. The Balaban J connectivity index is 1.68. The van der Waals surface area contributed by atoms with Gasteiger partial charge in [-0.3, -0.25) is 4.79 Å². The Morgan fingerprint density at radius 3 is 3.08 bits per heavy atom. The molecule has 9 nitrogen and oxygen atoms in total. The van der Waals surface area contributed by atoms with Crippen LogP contribution in [-0.4, -0.2) is 31.6 Å². The fourth-order valence-electron chi connectivity index (χ4n) is 2.35. The van der Waals surface area contributed by atoms with Gasteiger partial charge in [0.15, 0.2) is 12.4 Å². The van der Waals surface area contributed by atoms with Gasteiger partial charge in [-0.25, -0.2) is 15.0 Å². The van der Waals surface area contributed by atoms with Gasteiger partial charge < -0.3 is 15.1 Å². The van der Waals surface area contributed by atoms with Gasteiger partial charge in [0.05, 0.1) is 6.21 Å². The average molecular weight is 326 g/mol. The highest BCUT2D eigenvalue weighted by Gasteiger charge is 2.19. The maximum Gasteiger partial charge on any atom is 0.343 e. The second kappa shape index (κ2) is 6.32. The first-order valence-corrected chi connectivity index (χ1v) is 7.11. The molecule has 0 aliphatic heterocycles. The Morgan fingerprint density at radius 2 is 2.29 bits per heavy atom. The third-order valence-corrected chi connectivity index (χ3v) is 3.54. The summed E-state index contributed by atoms with van der Waals surface area (Å²) >= 11 is 0. The van der Waals surface area contributed by atoms with Gasteiger partial charge in [-0.2, -0.15) is 5.10 Å². The van der Waals surface area contributed by atoms with Crippen LogP contribution >= 0.6 is 0 Å². The molecule has 0 atom stereocenters. The van der Waals surface area contributed by atoms with Crippen molar-refractivity contribution in [1.29, 1.82) is 0 Å². The van der Waals surface area contributed by atoms with E-state index in [1.807, 2.05) is 24.3 Å². The molecule has 3 aromatic rings. The lowest BCUT2D eigenvalue weighted by atomic mass is 10.2. The number of hydrogen-bond donors (Lipinski definition) is 2.